The summed E-state index contributed by atoms with van der Waals surface area (Å²) in [5.74, 6) is 5.44. The van der Waals surface area contributed by atoms with Gasteiger partial charge in [0.2, 0.25) is 0 Å². The summed E-state index contributed by atoms with van der Waals surface area (Å²) in [6.07, 6.45) is 24.0. The first-order valence-electron chi connectivity index (χ1n) is 39.4. The maximum atomic E-state index is 12.3. The van der Waals surface area contributed by atoms with Crippen LogP contribution < -0.4 is 52.1 Å². The van der Waals surface area contributed by atoms with Gasteiger partial charge in [0.1, 0.15) is 19.1 Å². The second kappa shape index (κ2) is 45.6. The SMILES string of the molecule is Cc1[c-]cc(OCc2c(C3CC3)cccc2-n2nnn(C)c2=O)cc1.Cn1nnn(-c2cccc(C3CC3)c2COc2c[c-]ccc2)c1=O.Cn1nnn(-c2cccc(C3CC3)c2COc2ccc[c-]n2)c1=O.Cn1nnn(-c2cccc(C3CC3)c2COc2ccn[c-]n2)c1=O.Cn1nnn(-c2cccc(C3CC3)c2COc2cnc[c-]n2)c1=O.[Y].[Y].[Y].[Y].[Y]. The van der Waals surface area contributed by atoms with Crippen molar-refractivity contribution >= 4 is 0 Å². The van der Waals surface area contributed by atoms with E-state index in [4.69, 9.17) is 23.7 Å². The van der Waals surface area contributed by atoms with E-state index in [1.165, 1.54) is 113 Å². The van der Waals surface area contributed by atoms with E-state index in [-0.39, 0.29) is 205 Å². The van der Waals surface area contributed by atoms with Gasteiger partial charge >= 0.3 is 28.4 Å². The molecule has 126 heavy (non-hydrogen) atoms. The summed E-state index contributed by atoms with van der Waals surface area (Å²) in [6.45, 7) is 3.62. The van der Waals surface area contributed by atoms with Gasteiger partial charge in [-0.25, -0.2) is 24.0 Å². The minimum Gasteiger partial charge on any atom is -0.557 e. The van der Waals surface area contributed by atoms with E-state index in [0.717, 1.165) is 94.8 Å². The van der Waals surface area contributed by atoms with Crippen LogP contribution >= 0.6 is 0 Å². The number of aryl methyl sites for hydroxylation is 6. The van der Waals surface area contributed by atoms with Gasteiger partial charge in [-0.15, -0.1) is 36.5 Å². The number of rotatable bonds is 25. The third-order valence-corrected chi connectivity index (χ3v) is 20.8. The molecule has 5 saturated carbocycles. The minimum absolute atomic E-state index is 0. The average Bonchev–Trinajstić information content (AvgIpc) is 1.58. The molecule has 8 aromatic heterocycles. The fourth-order valence-corrected chi connectivity index (χ4v) is 13.8. The maximum absolute atomic E-state index is 12.3. The Hall–Kier alpha value is -9.28. The van der Waals surface area contributed by atoms with Gasteiger partial charge in [0.15, 0.2) is 0 Å². The molecule has 5 fully saturated rings. The molecular weight excluding hydrogens is 1990 g/mol. The van der Waals surface area contributed by atoms with E-state index in [9.17, 15) is 24.0 Å². The Morgan fingerprint density at radius 2 is 0.675 bits per heavy atom. The number of nitrogens with zero attached hydrogens (tertiary/aromatic N) is 25. The zero-order valence-corrected chi connectivity index (χ0v) is 84.1. The van der Waals surface area contributed by atoms with Crippen molar-refractivity contribution in [2.45, 2.75) is 134 Å². The second-order valence-electron chi connectivity index (χ2n) is 29.6. The Morgan fingerprint density at radius 1 is 0.341 bits per heavy atom. The topological polar surface area (TPSA) is 374 Å². The molecule has 40 heteroatoms. The normalized spacial score (nSPS) is 13.3. The molecule has 35 nitrogen and oxygen atoms in total. The summed E-state index contributed by atoms with van der Waals surface area (Å²) in [6, 6.07) is 55.8. The average molecular weight is 2070 g/mol. The molecule has 0 atom stereocenters. The molecule has 0 aliphatic heterocycles. The molecule has 0 bridgehead atoms. The number of aromatic nitrogens is 25. The van der Waals surface area contributed by atoms with Gasteiger partial charge < -0.3 is 43.6 Å². The zero-order valence-electron chi connectivity index (χ0n) is 69.9. The van der Waals surface area contributed by atoms with Crippen LogP contribution in [0.5, 0.6) is 29.1 Å². The molecule has 5 aliphatic rings. The number of hydrogen-bond acceptors (Lipinski definition) is 25. The fraction of sp³-hybridized carbons (Fsp3) is 0.302. The van der Waals surface area contributed by atoms with Gasteiger partial charge in [-0.2, -0.15) is 94.8 Å². The van der Waals surface area contributed by atoms with Crippen molar-refractivity contribution in [1.82, 2.24) is 124 Å². The summed E-state index contributed by atoms with van der Waals surface area (Å²) in [5.41, 5.74) is 14.0. The number of ether oxygens (including phenoxy) is 5. The molecule has 5 aliphatic carbocycles. The molecule has 8 heterocycles. The van der Waals surface area contributed by atoms with Crippen LogP contribution in [0, 0.1) is 37.8 Å². The Labute approximate surface area is 848 Å². The number of benzene rings is 7. The molecule has 0 saturated heterocycles. The molecule has 7 aromatic carbocycles. The summed E-state index contributed by atoms with van der Waals surface area (Å²) in [5, 5.41) is 38.9. The zero-order chi connectivity index (χ0) is 83.5. The van der Waals surface area contributed by atoms with Crippen molar-refractivity contribution in [2.75, 3.05) is 0 Å². The van der Waals surface area contributed by atoms with E-state index < -0.39 is 0 Å². The summed E-state index contributed by atoms with van der Waals surface area (Å²) in [7, 11) is 7.91. The number of tetrazole rings is 5. The van der Waals surface area contributed by atoms with Crippen LogP contribution in [0.2, 0.25) is 0 Å². The molecule has 5 radical (unpaired) electrons. The molecule has 15 aromatic rings. The van der Waals surface area contributed by atoms with Crippen LogP contribution in [0.4, 0.5) is 0 Å². The predicted molar refractivity (Wildman–Crippen MR) is 435 cm³/mol. The van der Waals surface area contributed by atoms with E-state index in [1.807, 2.05) is 110 Å². The largest absolute Gasteiger partial charge is 0.557 e. The van der Waals surface area contributed by atoms with Gasteiger partial charge in [-0.3, -0.25) is 4.98 Å². The van der Waals surface area contributed by atoms with Crippen molar-refractivity contribution in [3.8, 4) is 57.6 Å². The van der Waals surface area contributed by atoms with Gasteiger partial charge in [0.05, 0.1) is 60.0 Å². The van der Waals surface area contributed by atoms with Gasteiger partial charge in [0, 0.05) is 251 Å². The molecule has 0 spiro atoms. The third kappa shape index (κ3) is 24.2. The monoisotopic (exact) mass is 2070 g/mol. The van der Waals surface area contributed by atoms with E-state index in [0.29, 0.717) is 84.1 Å². The Balaban J connectivity index is 0.000000151. The van der Waals surface area contributed by atoms with Crippen molar-refractivity contribution in [1.29, 1.82) is 0 Å². The summed E-state index contributed by atoms with van der Waals surface area (Å²) in [4.78, 5) is 80.9. The molecular formula is C86H82N25O10Y5-5. The minimum atomic E-state index is -0.294. The summed E-state index contributed by atoms with van der Waals surface area (Å²) < 4.78 is 41.9. The third-order valence-electron chi connectivity index (χ3n) is 20.8. The first kappa shape index (κ1) is 97.3. The van der Waals surface area contributed by atoms with Crippen molar-refractivity contribution in [3.05, 3.63) is 321 Å². The van der Waals surface area contributed by atoms with Crippen molar-refractivity contribution < 1.29 is 187 Å². The Bertz CT molecular complexity index is 5810. The van der Waals surface area contributed by atoms with Crippen LogP contribution in [0.3, 0.4) is 0 Å². The molecule has 20 rings (SSSR count). The first-order chi connectivity index (χ1) is 59.1. The quantitative estimate of drug-likeness (QED) is 0.0484. The first-order valence-corrected chi connectivity index (χ1v) is 39.4. The maximum Gasteiger partial charge on any atom is 0.368 e. The molecule has 0 unspecified atom stereocenters. The van der Waals surface area contributed by atoms with E-state index >= 15 is 0 Å². The van der Waals surface area contributed by atoms with Crippen LogP contribution in [-0.2, 0) is 232 Å². The molecule has 631 valence electrons. The number of pyridine rings is 1. The van der Waals surface area contributed by atoms with Crippen molar-refractivity contribution in [3.63, 3.8) is 0 Å². The Kier molecular flexibility index (Phi) is 35.2. The van der Waals surface area contributed by atoms with Crippen LogP contribution in [0.1, 0.15) is 155 Å². The second-order valence-corrected chi connectivity index (χ2v) is 29.6. The summed E-state index contributed by atoms with van der Waals surface area (Å²) >= 11 is 0. The van der Waals surface area contributed by atoms with Gasteiger partial charge in [-0.05, 0) is 210 Å². The Morgan fingerprint density at radius 3 is 0.952 bits per heavy atom. The fourth-order valence-electron chi connectivity index (χ4n) is 13.8. The molecule has 0 N–H and O–H groups in total. The number of hydrogen-bond donors (Lipinski definition) is 0. The van der Waals surface area contributed by atoms with Gasteiger partial charge in [0.25, 0.3) is 0 Å². The van der Waals surface area contributed by atoms with Gasteiger partial charge in [-0.1, -0.05) is 86.0 Å². The predicted octanol–water partition coefficient (Wildman–Crippen LogP) is 8.38. The standard InChI is InChI=1S/C19H19N4O2.C18H17N4O2.C17H16N5O2.2C16H15N6O2.5Y/c1-13-6-10-15(11-7-13)25-12-17-16(14-8-9-14)4-3-5-18(17)23-19(24)22(2)20-21-23;1-21-18(23)22(20-19-21)17-9-5-8-15(13-10-11-13)16(17)12-24-14-6-3-2-4-7-14;1-21-17(23)22(20-19-21)15-6-4-5-13(12-8-9-12)14(15)11-24-16-7-2-3-10-18-16;1-21-16(23)22(20-19-21)14-4-2-3-12(11-5-6-11)13(14)10-24-15-9-17-7-8-18-15;1-21-16(23)22(20-19-21)14-4-2-3-12(11-5-6-11)13(14)9-24-15-7-8-17-10-18-15;;;;;/h3-6,10-11,14H,8-9,12H2,1-2H3;2-3,5-9,13H,10-12H2,1H3;2-7,12H,8-9,11H2,1H3;2-4,7,9,11H,5-6,10H2,1H3;2-4,7-8,11H,5-6,9H2,1H3;;;;;/q5*-1;;;;;. The molecule has 0 amide bonds. The van der Waals surface area contributed by atoms with E-state index in [1.54, 1.807) is 65.7 Å². The van der Waals surface area contributed by atoms with Crippen LogP contribution in [0.15, 0.2) is 200 Å². The van der Waals surface area contributed by atoms with Crippen LogP contribution in [0.25, 0.3) is 28.4 Å². The van der Waals surface area contributed by atoms with E-state index in [2.05, 4.69) is 138 Å². The van der Waals surface area contributed by atoms with Crippen LogP contribution in [-0.4, -0.2) is 124 Å². The smallest absolute Gasteiger partial charge is 0.368 e. The van der Waals surface area contributed by atoms with Crippen molar-refractivity contribution in [2.24, 2.45) is 35.2 Å².